The first-order valence-corrected chi connectivity index (χ1v) is 11.9. The molecule has 0 saturated heterocycles. The zero-order chi connectivity index (χ0) is 27.2. The highest BCUT2D eigenvalue weighted by atomic mass is 16.5. The Morgan fingerprint density at radius 1 is 0.605 bits per heavy atom. The molecule has 8 nitrogen and oxygen atoms in total. The van der Waals surface area contributed by atoms with Crippen LogP contribution in [0.25, 0.3) is 34.2 Å². The highest BCUT2D eigenvalue weighted by Crippen LogP contribution is 2.36. The number of hydrogen-bond donors (Lipinski definition) is 2. The molecule has 0 aliphatic carbocycles. The van der Waals surface area contributed by atoms with E-state index in [1.54, 1.807) is 56.0 Å². The first-order valence-electron chi connectivity index (χ1n) is 11.9. The van der Waals surface area contributed by atoms with Crippen molar-refractivity contribution in [3.05, 3.63) is 84.3 Å². The minimum Gasteiger partial charge on any atom is -0.507 e. The molecule has 0 aliphatic rings. The number of methoxy groups -OCH3 is 1. The maximum atomic E-state index is 10.8. The van der Waals surface area contributed by atoms with Crippen LogP contribution in [-0.4, -0.2) is 32.3 Å². The summed E-state index contributed by atoms with van der Waals surface area (Å²) in [5, 5.41) is 21.6. The van der Waals surface area contributed by atoms with Gasteiger partial charge in [-0.1, -0.05) is 0 Å². The van der Waals surface area contributed by atoms with Crippen LogP contribution in [0, 0.1) is 0 Å². The molecular formula is C30H29N3O5. The number of aromatic nitrogens is 3. The molecule has 0 amide bonds. The molecule has 4 rings (SSSR count). The van der Waals surface area contributed by atoms with Crippen LogP contribution in [0.5, 0.6) is 28.7 Å². The van der Waals surface area contributed by atoms with Crippen molar-refractivity contribution in [1.82, 2.24) is 15.0 Å². The Kier molecular flexibility index (Phi) is 7.91. The van der Waals surface area contributed by atoms with E-state index >= 15 is 0 Å². The average molecular weight is 512 g/mol. The Labute approximate surface area is 221 Å². The van der Waals surface area contributed by atoms with Gasteiger partial charge in [-0.05, 0) is 87.4 Å². The summed E-state index contributed by atoms with van der Waals surface area (Å²) in [6.07, 6.45) is 3.20. The van der Waals surface area contributed by atoms with Crippen LogP contribution < -0.4 is 14.2 Å². The second kappa shape index (κ2) is 11.5. The molecule has 8 heteroatoms. The first-order chi connectivity index (χ1) is 18.2. The summed E-state index contributed by atoms with van der Waals surface area (Å²) in [6.45, 7) is 7.65. The molecule has 0 unspecified atom stereocenters. The maximum Gasteiger partial charge on any atom is 0.167 e. The Balaban J connectivity index is 1.82. The predicted molar refractivity (Wildman–Crippen MR) is 146 cm³/mol. The number of benzene rings is 3. The SMILES string of the molecule is COc1ccc(-c2nc(-c3ccc(OC=C(C)C)cc3O)nc(-c3ccc(OC=C(C)C)cc3O)n2)cc1. The minimum atomic E-state index is -0.0582. The Morgan fingerprint density at radius 2 is 1.03 bits per heavy atom. The lowest BCUT2D eigenvalue weighted by molar-refractivity contribution is 0.415. The number of nitrogens with zero attached hydrogens (tertiary/aromatic N) is 3. The summed E-state index contributed by atoms with van der Waals surface area (Å²) >= 11 is 0. The van der Waals surface area contributed by atoms with Crippen LogP contribution in [0.1, 0.15) is 27.7 Å². The lowest BCUT2D eigenvalue weighted by Gasteiger charge is -2.12. The largest absolute Gasteiger partial charge is 0.507 e. The zero-order valence-corrected chi connectivity index (χ0v) is 21.9. The molecule has 1 heterocycles. The lowest BCUT2D eigenvalue weighted by Crippen LogP contribution is -2.01. The van der Waals surface area contributed by atoms with Gasteiger partial charge in [-0.3, -0.25) is 0 Å². The molecule has 194 valence electrons. The van der Waals surface area contributed by atoms with Crippen molar-refractivity contribution >= 4 is 0 Å². The Hall–Kier alpha value is -4.85. The molecule has 3 aromatic carbocycles. The van der Waals surface area contributed by atoms with E-state index in [9.17, 15) is 10.2 Å². The topological polar surface area (TPSA) is 107 Å². The Morgan fingerprint density at radius 3 is 1.42 bits per heavy atom. The van der Waals surface area contributed by atoms with E-state index in [1.165, 1.54) is 12.1 Å². The summed E-state index contributed by atoms with van der Waals surface area (Å²) < 4.78 is 16.4. The second-order valence-electron chi connectivity index (χ2n) is 9.02. The van der Waals surface area contributed by atoms with E-state index in [0.29, 0.717) is 39.8 Å². The van der Waals surface area contributed by atoms with Crippen LogP contribution >= 0.6 is 0 Å². The third-order valence-corrected chi connectivity index (χ3v) is 5.27. The molecular weight excluding hydrogens is 482 g/mol. The molecule has 0 bridgehead atoms. The third kappa shape index (κ3) is 6.28. The van der Waals surface area contributed by atoms with Crippen molar-refractivity contribution < 1.29 is 24.4 Å². The number of ether oxygens (including phenoxy) is 3. The van der Waals surface area contributed by atoms with Gasteiger partial charge in [0, 0.05) is 17.7 Å². The van der Waals surface area contributed by atoms with Crippen LogP contribution in [0.3, 0.4) is 0 Å². The van der Waals surface area contributed by atoms with Gasteiger partial charge in [-0.2, -0.15) is 0 Å². The summed E-state index contributed by atoms with van der Waals surface area (Å²) in [5.74, 6) is 2.35. The Bertz CT molecular complexity index is 1420. The quantitative estimate of drug-likeness (QED) is 0.246. The lowest BCUT2D eigenvalue weighted by atomic mass is 10.1. The number of aromatic hydroxyl groups is 2. The van der Waals surface area contributed by atoms with Gasteiger partial charge in [0.15, 0.2) is 17.5 Å². The maximum absolute atomic E-state index is 10.8. The van der Waals surface area contributed by atoms with Crippen molar-refractivity contribution in [2.45, 2.75) is 27.7 Å². The van der Waals surface area contributed by atoms with Crippen molar-refractivity contribution in [2.75, 3.05) is 7.11 Å². The fraction of sp³-hybridized carbons (Fsp3) is 0.167. The smallest absolute Gasteiger partial charge is 0.167 e. The summed E-state index contributed by atoms with van der Waals surface area (Å²) in [7, 11) is 1.59. The van der Waals surface area contributed by atoms with Crippen LogP contribution in [0.2, 0.25) is 0 Å². The number of phenols is 2. The minimum absolute atomic E-state index is 0.0582. The van der Waals surface area contributed by atoms with Crippen molar-refractivity contribution in [3.63, 3.8) is 0 Å². The van der Waals surface area contributed by atoms with Crippen molar-refractivity contribution in [3.8, 4) is 62.9 Å². The fourth-order valence-electron chi connectivity index (χ4n) is 3.41. The molecule has 2 N–H and O–H groups in total. The van der Waals surface area contributed by atoms with Gasteiger partial charge in [-0.15, -0.1) is 0 Å². The summed E-state index contributed by atoms with van der Waals surface area (Å²) in [6, 6.07) is 17.1. The highest BCUT2D eigenvalue weighted by Gasteiger charge is 2.17. The van der Waals surface area contributed by atoms with Gasteiger partial charge < -0.3 is 24.4 Å². The molecule has 38 heavy (non-hydrogen) atoms. The summed E-state index contributed by atoms with van der Waals surface area (Å²) in [5.41, 5.74) is 3.45. The molecule has 4 aromatic rings. The normalized spacial score (nSPS) is 10.4. The molecule has 0 spiro atoms. The van der Waals surface area contributed by atoms with Crippen LogP contribution in [0.15, 0.2) is 84.3 Å². The first kappa shape index (κ1) is 26.2. The van der Waals surface area contributed by atoms with Crippen LogP contribution in [0.4, 0.5) is 0 Å². The number of hydrogen-bond acceptors (Lipinski definition) is 8. The van der Waals surface area contributed by atoms with Gasteiger partial charge in [0.1, 0.15) is 28.7 Å². The van der Waals surface area contributed by atoms with Gasteiger partial charge in [0.2, 0.25) is 0 Å². The van der Waals surface area contributed by atoms with Gasteiger partial charge in [-0.25, -0.2) is 15.0 Å². The van der Waals surface area contributed by atoms with E-state index in [2.05, 4.69) is 15.0 Å². The van der Waals surface area contributed by atoms with Gasteiger partial charge in [0.25, 0.3) is 0 Å². The number of allylic oxidation sites excluding steroid dienone is 2. The average Bonchev–Trinajstić information content (AvgIpc) is 2.90. The van der Waals surface area contributed by atoms with Gasteiger partial charge in [0.05, 0.1) is 30.8 Å². The molecule has 0 aliphatic heterocycles. The zero-order valence-electron chi connectivity index (χ0n) is 21.9. The third-order valence-electron chi connectivity index (χ3n) is 5.27. The van der Waals surface area contributed by atoms with E-state index in [-0.39, 0.29) is 23.1 Å². The fourth-order valence-corrected chi connectivity index (χ4v) is 3.41. The van der Waals surface area contributed by atoms with E-state index < -0.39 is 0 Å². The standard InChI is InChI=1S/C30H29N3O5/c1-18(2)16-37-22-10-12-24(26(34)14-22)29-31-28(20-6-8-21(36-5)9-7-20)32-30(33-29)25-13-11-23(15-27(25)35)38-17-19(3)4/h6-17,34-35H,1-5H3. The molecule has 0 fully saturated rings. The van der Waals surface area contributed by atoms with E-state index in [0.717, 1.165) is 11.1 Å². The predicted octanol–water partition coefficient (Wildman–Crippen LogP) is 6.90. The van der Waals surface area contributed by atoms with Crippen molar-refractivity contribution in [2.24, 2.45) is 0 Å². The molecule has 0 radical (unpaired) electrons. The number of rotatable bonds is 8. The highest BCUT2D eigenvalue weighted by molar-refractivity contribution is 5.73. The van der Waals surface area contributed by atoms with Crippen molar-refractivity contribution in [1.29, 1.82) is 0 Å². The molecule has 1 aromatic heterocycles. The second-order valence-corrected chi connectivity index (χ2v) is 9.02. The molecule has 0 saturated carbocycles. The van der Waals surface area contributed by atoms with Gasteiger partial charge >= 0.3 is 0 Å². The summed E-state index contributed by atoms with van der Waals surface area (Å²) in [4.78, 5) is 13.8. The number of phenolic OH excluding ortho intramolecular Hbond substituents is 2. The van der Waals surface area contributed by atoms with E-state index in [4.69, 9.17) is 14.2 Å². The van der Waals surface area contributed by atoms with E-state index in [1.807, 2.05) is 39.8 Å². The monoisotopic (exact) mass is 511 g/mol. The molecule has 0 atom stereocenters. The van der Waals surface area contributed by atoms with Crippen LogP contribution in [-0.2, 0) is 0 Å².